The van der Waals surface area contributed by atoms with Crippen molar-refractivity contribution in [2.24, 2.45) is 11.7 Å². The van der Waals surface area contributed by atoms with Crippen molar-refractivity contribution in [1.29, 1.82) is 0 Å². The number of ketones is 1. The van der Waals surface area contributed by atoms with Gasteiger partial charge in [-0.15, -0.1) is 0 Å². The van der Waals surface area contributed by atoms with Gasteiger partial charge in [0.25, 0.3) is 0 Å². The largest absolute Gasteiger partial charge is 0.343 e. The normalized spacial score (nSPS) is 24.4. The molecule has 0 aliphatic carbocycles. The Morgan fingerprint density at radius 1 is 0.973 bits per heavy atom. The number of rotatable bonds is 10. The van der Waals surface area contributed by atoms with Crippen LogP contribution in [0.3, 0.4) is 0 Å². The Hall–Kier alpha value is -3.03. The molecule has 0 saturated carbocycles. The summed E-state index contributed by atoms with van der Waals surface area (Å²) < 4.78 is 0. The number of hydrogen-bond acceptors (Lipinski definition) is 5. The number of amides is 2. The molecule has 0 bridgehead atoms. The second kappa shape index (κ2) is 12.5. The summed E-state index contributed by atoms with van der Waals surface area (Å²) in [6, 6.07) is 18.6. The number of likely N-dealkylation sites (N-methyl/N-ethyl adjacent to an activating group) is 1. The first-order chi connectivity index (χ1) is 18.0. The molecule has 0 radical (unpaired) electrons. The first-order valence-electron chi connectivity index (χ1n) is 13.6. The third-order valence-electron chi connectivity index (χ3n) is 8.22. The predicted molar refractivity (Wildman–Crippen MR) is 145 cm³/mol. The zero-order chi connectivity index (χ0) is 26.4. The highest BCUT2D eigenvalue weighted by Crippen LogP contribution is 2.36. The lowest BCUT2D eigenvalue weighted by molar-refractivity contribution is -0.143. The molecule has 0 aromatic heterocycles. The number of nitrogens with two attached hydrogens (primary N) is 1. The number of nitrogens with zero attached hydrogens (tertiary/aromatic N) is 1. The molecule has 4 N–H and O–H groups in total. The summed E-state index contributed by atoms with van der Waals surface area (Å²) in [4.78, 5) is 42.5. The van der Waals surface area contributed by atoms with Gasteiger partial charge in [0, 0.05) is 24.3 Å². The first-order valence-corrected chi connectivity index (χ1v) is 13.6. The van der Waals surface area contributed by atoms with E-state index in [2.05, 4.69) is 34.9 Å². The second-order valence-corrected chi connectivity index (χ2v) is 10.3. The highest BCUT2D eigenvalue weighted by Gasteiger charge is 2.47. The van der Waals surface area contributed by atoms with Gasteiger partial charge in [0.2, 0.25) is 11.8 Å². The fraction of sp³-hybridized carbons (Fsp3) is 0.500. The molecule has 0 spiro atoms. The van der Waals surface area contributed by atoms with Crippen molar-refractivity contribution >= 4 is 17.6 Å². The third-order valence-corrected chi connectivity index (χ3v) is 8.22. The maximum Gasteiger partial charge on any atom is 0.246 e. The minimum absolute atomic E-state index is 0.00979. The van der Waals surface area contributed by atoms with Gasteiger partial charge in [-0.25, -0.2) is 0 Å². The lowest BCUT2D eigenvalue weighted by Crippen LogP contribution is -2.58. The second-order valence-electron chi connectivity index (χ2n) is 10.3. The minimum Gasteiger partial charge on any atom is -0.343 e. The van der Waals surface area contributed by atoms with Crippen LogP contribution >= 0.6 is 0 Å². The molecular weight excluding hydrogens is 464 g/mol. The van der Waals surface area contributed by atoms with Gasteiger partial charge in [-0.05, 0) is 56.8 Å². The molecular formula is C30H40N4O3. The molecule has 198 valence electrons. The molecule has 2 aliphatic rings. The van der Waals surface area contributed by atoms with Crippen LogP contribution in [0.25, 0.3) is 0 Å². The number of carbonyl (C=O) groups excluding carboxylic acids is 3. The molecule has 2 aliphatic heterocycles. The van der Waals surface area contributed by atoms with Crippen LogP contribution < -0.4 is 16.4 Å². The Balaban J connectivity index is 1.58. The summed E-state index contributed by atoms with van der Waals surface area (Å²) in [5, 5.41) is 6.00. The lowest BCUT2D eigenvalue weighted by atomic mass is 9.85. The van der Waals surface area contributed by atoms with Crippen LogP contribution in [0.15, 0.2) is 60.7 Å². The van der Waals surface area contributed by atoms with Crippen LogP contribution in [0.1, 0.15) is 62.5 Å². The van der Waals surface area contributed by atoms with Crippen LogP contribution in [-0.2, 0) is 14.4 Å². The highest BCUT2D eigenvalue weighted by molar-refractivity contribution is 5.95. The molecule has 2 heterocycles. The number of carbonyl (C=O) groups is 3. The minimum atomic E-state index is -0.711. The molecule has 7 heteroatoms. The van der Waals surface area contributed by atoms with Gasteiger partial charge < -0.3 is 21.3 Å². The van der Waals surface area contributed by atoms with E-state index >= 15 is 0 Å². The zero-order valence-electron chi connectivity index (χ0n) is 21.9. The molecule has 7 nitrogen and oxygen atoms in total. The van der Waals surface area contributed by atoms with Gasteiger partial charge in [-0.2, -0.15) is 0 Å². The number of fused-ring (bicyclic) bond motifs is 1. The predicted octanol–water partition coefficient (Wildman–Crippen LogP) is 2.99. The monoisotopic (exact) mass is 504 g/mol. The molecule has 37 heavy (non-hydrogen) atoms. The maximum atomic E-state index is 14.0. The van der Waals surface area contributed by atoms with E-state index < -0.39 is 12.1 Å². The summed E-state index contributed by atoms with van der Waals surface area (Å²) in [5.41, 5.74) is 8.25. The van der Waals surface area contributed by atoms with Crippen molar-refractivity contribution < 1.29 is 14.4 Å². The Morgan fingerprint density at radius 2 is 1.57 bits per heavy atom. The average molecular weight is 505 g/mol. The van der Waals surface area contributed by atoms with Gasteiger partial charge in [-0.3, -0.25) is 14.4 Å². The van der Waals surface area contributed by atoms with Crippen molar-refractivity contribution in [3.8, 4) is 0 Å². The quantitative estimate of drug-likeness (QED) is 0.461. The summed E-state index contributed by atoms with van der Waals surface area (Å²) in [6.45, 7) is 2.24. The van der Waals surface area contributed by atoms with E-state index in [0.717, 1.165) is 30.4 Å². The number of hydrogen-bond donors (Lipinski definition) is 3. The Labute approximate surface area is 220 Å². The van der Waals surface area contributed by atoms with Crippen LogP contribution in [0, 0.1) is 5.92 Å². The summed E-state index contributed by atoms with van der Waals surface area (Å²) >= 11 is 0. The fourth-order valence-electron chi connectivity index (χ4n) is 6.10. The SMILES string of the molecule is CC[C@H](NC)C(=O)N[C@@H]1C(=O)N2[C@@H](CC[C@@H]1CN)CC[C@H]2C(=O)CC(c1ccccc1)c1ccccc1. The summed E-state index contributed by atoms with van der Waals surface area (Å²) in [5.74, 6) is -0.510. The molecule has 2 amide bonds. The van der Waals surface area contributed by atoms with Gasteiger partial charge in [0.15, 0.2) is 5.78 Å². The van der Waals surface area contributed by atoms with Crippen molar-refractivity contribution in [1.82, 2.24) is 15.5 Å². The van der Waals surface area contributed by atoms with Crippen molar-refractivity contribution in [3.05, 3.63) is 71.8 Å². The molecule has 2 saturated heterocycles. The summed E-state index contributed by atoms with van der Waals surface area (Å²) in [6.07, 6.45) is 3.95. The number of nitrogens with one attached hydrogen (secondary N) is 2. The molecule has 2 fully saturated rings. The molecule has 2 aromatic rings. The highest BCUT2D eigenvalue weighted by atomic mass is 16.2. The van der Waals surface area contributed by atoms with E-state index in [1.54, 1.807) is 11.9 Å². The van der Waals surface area contributed by atoms with E-state index in [-0.39, 0.29) is 41.5 Å². The van der Waals surface area contributed by atoms with E-state index in [1.165, 1.54) is 0 Å². The Kier molecular flexibility index (Phi) is 9.11. The number of benzene rings is 2. The zero-order valence-corrected chi connectivity index (χ0v) is 21.9. The lowest BCUT2D eigenvalue weighted by Gasteiger charge is -2.33. The van der Waals surface area contributed by atoms with Gasteiger partial charge in [0.1, 0.15) is 6.04 Å². The van der Waals surface area contributed by atoms with Crippen LogP contribution in [0.4, 0.5) is 0 Å². The average Bonchev–Trinajstić information content (AvgIpc) is 3.31. The van der Waals surface area contributed by atoms with E-state index in [4.69, 9.17) is 5.73 Å². The smallest absolute Gasteiger partial charge is 0.246 e. The maximum absolute atomic E-state index is 14.0. The van der Waals surface area contributed by atoms with Crippen LogP contribution in [-0.4, -0.2) is 60.3 Å². The number of Topliss-reactive ketones (excluding diaryl/α,β-unsaturated/α-hetero) is 1. The van der Waals surface area contributed by atoms with Crippen molar-refractivity contribution in [2.75, 3.05) is 13.6 Å². The van der Waals surface area contributed by atoms with Crippen LogP contribution in [0.5, 0.6) is 0 Å². The molecule has 2 aromatic carbocycles. The Morgan fingerprint density at radius 3 is 2.11 bits per heavy atom. The standard InChI is InChI=1S/C30H40N4O3/c1-3-25(32-2)29(36)33-28-22(19-31)14-15-23-16-17-26(34(23)30(28)37)27(35)18-24(20-10-6-4-7-11-20)21-12-8-5-9-13-21/h4-13,22-26,28,32H,3,14-19,31H2,1-2H3,(H,33,36)/t22-,23+,25+,26+,28+/m1/s1. The first kappa shape index (κ1) is 27.0. The Bertz CT molecular complexity index is 1020. The van der Waals surface area contributed by atoms with Gasteiger partial charge >= 0.3 is 0 Å². The topological polar surface area (TPSA) is 105 Å². The van der Waals surface area contributed by atoms with E-state index in [0.29, 0.717) is 25.8 Å². The molecule has 0 unspecified atom stereocenters. The molecule has 5 atom stereocenters. The molecule has 4 rings (SSSR count). The van der Waals surface area contributed by atoms with Crippen LogP contribution in [0.2, 0.25) is 0 Å². The van der Waals surface area contributed by atoms with Gasteiger partial charge in [0.05, 0.1) is 12.1 Å². The van der Waals surface area contributed by atoms with Crippen molar-refractivity contribution in [2.45, 2.75) is 75.5 Å². The van der Waals surface area contributed by atoms with Gasteiger partial charge in [-0.1, -0.05) is 67.6 Å². The fourth-order valence-corrected chi connectivity index (χ4v) is 6.10. The van der Waals surface area contributed by atoms with E-state index in [1.807, 2.05) is 43.3 Å². The third kappa shape index (κ3) is 5.94. The van der Waals surface area contributed by atoms with Crippen molar-refractivity contribution in [3.63, 3.8) is 0 Å². The van der Waals surface area contributed by atoms with E-state index in [9.17, 15) is 14.4 Å². The summed E-state index contributed by atoms with van der Waals surface area (Å²) in [7, 11) is 1.74.